The minimum absolute atomic E-state index is 0.0298. The summed E-state index contributed by atoms with van der Waals surface area (Å²) in [6.45, 7) is 0. The molecule has 0 spiro atoms. The summed E-state index contributed by atoms with van der Waals surface area (Å²) < 4.78 is 25.4. The van der Waals surface area contributed by atoms with Gasteiger partial charge in [-0.1, -0.05) is 0 Å². The van der Waals surface area contributed by atoms with Gasteiger partial charge in [-0.2, -0.15) is 0 Å². The van der Waals surface area contributed by atoms with Crippen molar-refractivity contribution in [3.63, 3.8) is 0 Å². The molecule has 0 saturated heterocycles. The van der Waals surface area contributed by atoms with Gasteiger partial charge in [-0.25, -0.2) is 8.78 Å². The monoisotopic (exact) mass is 396 g/mol. The molecule has 1 N–H and O–H groups in total. The van der Waals surface area contributed by atoms with E-state index in [9.17, 15) is 8.78 Å². The average Bonchev–Trinajstić information content (AvgIpc) is 2.00. The second kappa shape index (κ2) is 4.03. The zero-order chi connectivity index (χ0) is 9.30. The molecule has 12 heavy (non-hydrogen) atoms. The van der Waals surface area contributed by atoms with Crippen LogP contribution in [0, 0.1) is 7.14 Å². The van der Waals surface area contributed by atoms with Gasteiger partial charge >= 0.3 is 0 Å². The molecule has 0 aromatic heterocycles. The minimum Gasteiger partial charge on any atom is -0.507 e. The largest absolute Gasteiger partial charge is 0.507 e. The maximum absolute atomic E-state index is 12.2. The zero-order valence-corrected chi connectivity index (χ0v) is 10.0. The van der Waals surface area contributed by atoms with Crippen molar-refractivity contribution in [3.05, 3.63) is 24.8 Å². The van der Waals surface area contributed by atoms with Gasteiger partial charge in [0.05, 0.1) is 3.57 Å². The van der Waals surface area contributed by atoms with Gasteiger partial charge in [-0.15, -0.1) is 0 Å². The van der Waals surface area contributed by atoms with Gasteiger partial charge in [-0.3, -0.25) is 0 Å². The van der Waals surface area contributed by atoms with Crippen LogP contribution < -0.4 is 0 Å². The molecule has 0 aliphatic carbocycles. The normalized spacial score (nSPS) is 10.8. The molecule has 0 aliphatic heterocycles. The van der Waals surface area contributed by atoms with E-state index in [4.69, 9.17) is 5.11 Å². The second-order valence-corrected chi connectivity index (χ2v) is 4.26. The third kappa shape index (κ3) is 1.98. The van der Waals surface area contributed by atoms with Gasteiger partial charge in [0.1, 0.15) is 5.75 Å². The van der Waals surface area contributed by atoms with E-state index in [2.05, 4.69) is 0 Å². The standard InChI is InChI=1S/C7H4F2I2O/c8-7(9)3-1-2-4(12)6(11)5(3)10/h1-2,7,12H. The first-order valence-electron chi connectivity index (χ1n) is 2.99. The van der Waals surface area contributed by atoms with Crippen molar-refractivity contribution in [2.75, 3.05) is 0 Å². The lowest BCUT2D eigenvalue weighted by molar-refractivity contribution is 0.150. The maximum atomic E-state index is 12.2. The lowest BCUT2D eigenvalue weighted by Crippen LogP contribution is -1.92. The number of benzene rings is 1. The van der Waals surface area contributed by atoms with Gasteiger partial charge in [0.2, 0.25) is 0 Å². The molecule has 0 amide bonds. The van der Waals surface area contributed by atoms with Gasteiger partial charge in [0.15, 0.2) is 0 Å². The Labute approximate surface area is 95.4 Å². The van der Waals surface area contributed by atoms with E-state index in [-0.39, 0.29) is 11.3 Å². The quantitative estimate of drug-likeness (QED) is 0.721. The highest BCUT2D eigenvalue weighted by Crippen LogP contribution is 2.32. The molecule has 0 radical (unpaired) electrons. The van der Waals surface area contributed by atoms with Gasteiger partial charge in [0.25, 0.3) is 6.43 Å². The summed E-state index contributed by atoms with van der Waals surface area (Å²) in [5.41, 5.74) is -0.0298. The predicted molar refractivity (Wildman–Crippen MR) is 58.5 cm³/mol. The van der Waals surface area contributed by atoms with Crippen LogP contribution in [0.25, 0.3) is 0 Å². The van der Waals surface area contributed by atoms with Crippen molar-refractivity contribution >= 4 is 45.2 Å². The fourth-order valence-electron chi connectivity index (χ4n) is 0.723. The van der Waals surface area contributed by atoms with E-state index in [0.717, 1.165) is 0 Å². The molecule has 0 atom stereocenters. The highest BCUT2D eigenvalue weighted by Gasteiger charge is 2.15. The van der Waals surface area contributed by atoms with Crippen molar-refractivity contribution in [2.45, 2.75) is 6.43 Å². The number of phenols is 1. The number of phenolic OH excluding ortho intramolecular Hbond substituents is 1. The van der Waals surface area contributed by atoms with Crippen LogP contribution in [0.15, 0.2) is 12.1 Å². The second-order valence-electron chi connectivity index (χ2n) is 2.10. The van der Waals surface area contributed by atoms with E-state index in [0.29, 0.717) is 7.14 Å². The molecule has 5 heteroatoms. The Balaban J connectivity index is 3.27. The number of hydrogen-bond acceptors (Lipinski definition) is 1. The fraction of sp³-hybridized carbons (Fsp3) is 0.143. The van der Waals surface area contributed by atoms with Crippen LogP contribution in [-0.4, -0.2) is 5.11 Å². The van der Waals surface area contributed by atoms with Crippen LogP contribution in [0.1, 0.15) is 12.0 Å². The Hall–Kier alpha value is 0.340. The van der Waals surface area contributed by atoms with E-state index in [1.54, 1.807) is 22.6 Å². The van der Waals surface area contributed by atoms with E-state index in [1.807, 2.05) is 22.6 Å². The summed E-state index contributed by atoms with van der Waals surface area (Å²) in [5.74, 6) is 0.0457. The molecule has 0 bridgehead atoms. The first-order chi connectivity index (χ1) is 5.54. The Morgan fingerprint density at radius 2 is 1.75 bits per heavy atom. The predicted octanol–water partition coefficient (Wildman–Crippen LogP) is 3.54. The lowest BCUT2D eigenvalue weighted by Gasteiger charge is -2.05. The molecule has 66 valence electrons. The molecule has 0 heterocycles. The van der Waals surface area contributed by atoms with Crippen LogP contribution in [0.2, 0.25) is 0 Å². The van der Waals surface area contributed by atoms with Gasteiger partial charge in [-0.05, 0) is 57.3 Å². The number of hydrogen-bond donors (Lipinski definition) is 1. The summed E-state index contributed by atoms with van der Waals surface area (Å²) >= 11 is 3.64. The lowest BCUT2D eigenvalue weighted by atomic mass is 10.2. The Bertz CT molecular complexity index is 302. The van der Waals surface area contributed by atoms with Crippen molar-refractivity contribution in [3.8, 4) is 5.75 Å². The van der Waals surface area contributed by atoms with Crippen molar-refractivity contribution < 1.29 is 13.9 Å². The summed E-state index contributed by atoms with van der Waals surface area (Å²) in [5, 5.41) is 9.15. The molecular formula is C7H4F2I2O. The SMILES string of the molecule is Oc1ccc(C(F)F)c(I)c1I. The number of halogens is 4. The molecular weight excluding hydrogens is 392 g/mol. The zero-order valence-electron chi connectivity index (χ0n) is 5.69. The highest BCUT2D eigenvalue weighted by molar-refractivity contribution is 14.1. The molecule has 0 aliphatic rings. The maximum Gasteiger partial charge on any atom is 0.264 e. The Morgan fingerprint density at radius 1 is 1.17 bits per heavy atom. The molecule has 1 aromatic carbocycles. The Kier molecular flexibility index (Phi) is 3.50. The first-order valence-corrected chi connectivity index (χ1v) is 5.14. The van der Waals surface area contributed by atoms with E-state index in [1.165, 1.54) is 12.1 Å². The van der Waals surface area contributed by atoms with Crippen molar-refractivity contribution in [1.29, 1.82) is 0 Å². The molecule has 1 rings (SSSR count). The van der Waals surface area contributed by atoms with Gasteiger partial charge in [0, 0.05) is 9.13 Å². The third-order valence-electron chi connectivity index (χ3n) is 1.33. The molecule has 0 fully saturated rings. The average molecular weight is 396 g/mol. The topological polar surface area (TPSA) is 20.2 Å². The fourth-order valence-corrected chi connectivity index (χ4v) is 1.91. The number of alkyl halides is 2. The van der Waals surface area contributed by atoms with Crippen LogP contribution in [-0.2, 0) is 0 Å². The van der Waals surface area contributed by atoms with E-state index < -0.39 is 6.43 Å². The smallest absolute Gasteiger partial charge is 0.264 e. The Morgan fingerprint density at radius 3 is 2.25 bits per heavy atom. The molecule has 1 aromatic rings. The summed E-state index contributed by atoms with van der Waals surface area (Å²) in [4.78, 5) is 0. The first kappa shape index (κ1) is 10.4. The molecule has 0 unspecified atom stereocenters. The minimum atomic E-state index is -2.48. The molecule has 1 nitrogen and oxygen atoms in total. The van der Waals surface area contributed by atoms with E-state index >= 15 is 0 Å². The molecule has 0 saturated carbocycles. The third-order valence-corrected chi connectivity index (χ3v) is 4.61. The number of rotatable bonds is 1. The highest BCUT2D eigenvalue weighted by atomic mass is 127. The van der Waals surface area contributed by atoms with Crippen molar-refractivity contribution in [2.24, 2.45) is 0 Å². The summed E-state index contributed by atoms with van der Waals surface area (Å²) in [6, 6.07) is 2.52. The van der Waals surface area contributed by atoms with Crippen LogP contribution in [0.5, 0.6) is 5.75 Å². The summed E-state index contributed by atoms with van der Waals surface area (Å²) in [6.07, 6.45) is -2.48. The number of aromatic hydroxyl groups is 1. The van der Waals surface area contributed by atoms with Gasteiger partial charge < -0.3 is 5.11 Å². The van der Waals surface area contributed by atoms with Crippen molar-refractivity contribution in [1.82, 2.24) is 0 Å². The van der Waals surface area contributed by atoms with Crippen LogP contribution >= 0.6 is 45.2 Å². The van der Waals surface area contributed by atoms with Crippen LogP contribution in [0.3, 0.4) is 0 Å². The van der Waals surface area contributed by atoms with Crippen LogP contribution in [0.4, 0.5) is 8.78 Å². The summed E-state index contributed by atoms with van der Waals surface area (Å²) in [7, 11) is 0.